The molecule has 2 aromatic carbocycles. The van der Waals surface area contributed by atoms with Crippen LogP contribution < -0.4 is 10.6 Å². The monoisotopic (exact) mass is 506 g/mol. The SMILES string of the molecule is Cc1ccc(C(CCC(C)(C)C)NC(=O)C(NC(=O)OC(C)(C)C)c2cc(Cl)cc(Cl)c2)cc1. The van der Waals surface area contributed by atoms with Crippen LogP contribution in [-0.4, -0.2) is 17.6 Å². The van der Waals surface area contributed by atoms with Crippen molar-refractivity contribution in [3.63, 3.8) is 0 Å². The average Bonchev–Trinajstić information content (AvgIpc) is 2.67. The summed E-state index contributed by atoms with van der Waals surface area (Å²) < 4.78 is 5.40. The molecule has 0 aliphatic heterocycles. The van der Waals surface area contributed by atoms with Crippen molar-refractivity contribution < 1.29 is 14.3 Å². The molecule has 0 fully saturated rings. The van der Waals surface area contributed by atoms with E-state index in [1.165, 1.54) is 0 Å². The van der Waals surface area contributed by atoms with Gasteiger partial charge < -0.3 is 15.4 Å². The summed E-state index contributed by atoms with van der Waals surface area (Å²) in [5, 5.41) is 6.57. The Morgan fingerprint density at radius 1 is 0.882 bits per heavy atom. The number of amides is 2. The molecule has 2 atom stereocenters. The minimum atomic E-state index is -1.03. The lowest BCUT2D eigenvalue weighted by Crippen LogP contribution is -2.43. The van der Waals surface area contributed by atoms with E-state index in [-0.39, 0.29) is 17.4 Å². The first-order chi connectivity index (χ1) is 15.6. The van der Waals surface area contributed by atoms with Crippen LogP contribution in [0.15, 0.2) is 42.5 Å². The zero-order valence-corrected chi connectivity index (χ0v) is 22.6. The van der Waals surface area contributed by atoms with Gasteiger partial charge in [0.05, 0.1) is 6.04 Å². The molecule has 0 spiro atoms. The summed E-state index contributed by atoms with van der Waals surface area (Å²) in [5.41, 5.74) is 2.00. The third-order valence-corrected chi connectivity index (χ3v) is 5.56. The number of carbonyl (C=O) groups is 2. The van der Waals surface area contributed by atoms with Gasteiger partial charge in [-0.1, -0.05) is 73.8 Å². The Morgan fingerprint density at radius 2 is 1.44 bits per heavy atom. The average molecular weight is 508 g/mol. The quantitative estimate of drug-likeness (QED) is 0.407. The fourth-order valence-corrected chi connectivity index (χ4v) is 3.96. The lowest BCUT2D eigenvalue weighted by molar-refractivity contribution is -0.124. The molecule has 0 aromatic heterocycles. The smallest absolute Gasteiger partial charge is 0.408 e. The summed E-state index contributed by atoms with van der Waals surface area (Å²) in [6.45, 7) is 13.8. The maximum absolute atomic E-state index is 13.6. The van der Waals surface area contributed by atoms with Crippen molar-refractivity contribution in [2.45, 2.75) is 79.0 Å². The van der Waals surface area contributed by atoms with Gasteiger partial charge in [0.25, 0.3) is 0 Å². The van der Waals surface area contributed by atoms with Crippen LogP contribution in [0.4, 0.5) is 4.79 Å². The molecule has 2 N–H and O–H groups in total. The highest BCUT2D eigenvalue weighted by molar-refractivity contribution is 6.34. The second kappa shape index (κ2) is 11.5. The van der Waals surface area contributed by atoms with Crippen LogP contribution in [0, 0.1) is 12.3 Å². The predicted molar refractivity (Wildman–Crippen MR) is 139 cm³/mol. The normalized spacial score (nSPS) is 13.7. The van der Waals surface area contributed by atoms with Gasteiger partial charge in [-0.05, 0) is 75.3 Å². The summed E-state index contributed by atoms with van der Waals surface area (Å²) in [4.78, 5) is 26.2. The molecule has 34 heavy (non-hydrogen) atoms. The lowest BCUT2D eigenvalue weighted by Gasteiger charge is -2.28. The predicted octanol–water partition coefficient (Wildman–Crippen LogP) is 7.55. The molecule has 5 nitrogen and oxygen atoms in total. The van der Waals surface area contributed by atoms with E-state index in [1.54, 1.807) is 39.0 Å². The second-order valence-corrected chi connectivity index (χ2v) is 11.7. The van der Waals surface area contributed by atoms with Gasteiger partial charge in [-0.15, -0.1) is 0 Å². The van der Waals surface area contributed by atoms with Crippen LogP contribution in [0.1, 0.15) is 83.2 Å². The van der Waals surface area contributed by atoms with E-state index >= 15 is 0 Å². The molecular formula is C27H36Cl2N2O3. The minimum absolute atomic E-state index is 0.0995. The molecule has 7 heteroatoms. The van der Waals surface area contributed by atoms with Gasteiger partial charge in [0.1, 0.15) is 11.6 Å². The molecule has 0 saturated carbocycles. The van der Waals surface area contributed by atoms with Gasteiger partial charge in [-0.25, -0.2) is 4.79 Å². The minimum Gasteiger partial charge on any atom is -0.444 e. The maximum atomic E-state index is 13.6. The van der Waals surface area contributed by atoms with E-state index in [2.05, 4.69) is 31.4 Å². The number of aryl methyl sites for hydroxylation is 1. The molecular weight excluding hydrogens is 471 g/mol. The molecule has 2 amide bonds. The summed E-state index contributed by atoms with van der Waals surface area (Å²) >= 11 is 12.4. The van der Waals surface area contributed by atoms with Crippen molar-refractivity contribution in [3.05, 3.63) is 69.2 Å². The fraction of sp³-hybridized carbons (Fsp3) is 0.481. The van der Waals surface area contributed by atoms with E-state index in [0.29, 0.717) is 15.6 Å². The van der Waals surface area contributed by atoms with E-state index in [0.717, 1.165) is 24.0 Å². The number of ether oxygens (including phenoxy) is 1. The van der Waals surface area contributed by atoms with Crippen molar-refractivity contribution in [1.82, 2.24) is 10.6 Å². The number of hydrogen-bond donors (Lipinski definition) is 2. The van der Waals surface area contributed by atoms with Crippen LogP contribution in [0.2, 0.25) is 10.0 Å². The molecule has 0 saturated heterocycles. The van der Waals surface area contributed by atoms with Gasteiger partial charge in [0.2, 0.25) is 5.91 Å². The number of halogens is 2. The highest BCUT2D eigenvalue weighted by Crippen LogP contribution is 2.29. The fourth-order valence-electron chi connectivity index (χ4n) is 3.42. The lowest BCUT2D eigenvalue weighted by atomic mass is 9.87. The van der Waals surface area contributed by atoms with Crippen molar-refractivity contribution in [1.29, 1.82) is 0 Å². The third kappa shape index (κ3) is 9.55. The van der Waals surface area contributed by atoms with Gasteiger partial charge in [-0.2, -0.15) is 0 Å². The van der Waals surface area contributed by atoms with Crippen LogP contribution in [0.3, 0.4) is 0 Å². The van der Waals surface area contributed by atoms with Crippen LogP contribution >= 0.6 is 23.2 Å². The summed E-state index contributed by atoms with van der Waals surface area (Å²) in [5.74, 6) is -0.372. The van der Waals surface area contributed by atoms with E-state index in [1.807, 2.05) is 31.2 Å². The number of nitrogens with one attached hydrogen (secondary N) is 2. The number of alkyl carbamates (subject to hydrolysis) is 1. The summed E-state index contributed by atoms with van der Waals surface area (Å²) in [6, 6.07) is 11.6. The van der Waals surface area contributed by atoms with E-state index in [9.17, 15) is 9.59 Å². The zero-order chi connectivity index (χ0) is 25.7. The van der Waals surface area contributed by atoms with Crippen molar-refractivity contribution in [2.24, 2.45) is 5.41 Å². The number of benzene rings is 2. The zero-order valence-electron chi connectivity index (χ0n) is 21.1. The number of rotatable bonds is 7. The van der Waals surface area contributed by atoms with Gasteiger partial charge in [0, 0.05) is 10.0 Å². The highest BCUT2D eigenvalue weighted by atomic mass is 35.5. The summed E-state index contributed by atoms with van der Waals surface area (Å²) in [6.07, 6.45) is 0.942. The Morgan fingerprint density at radius 3 is 1.94 bits per heavy atom. The highest BCUT2D eigenvalue weighted by Gasteiger charge is 2.29. The Kier molecular flexibility index (Phi) is 9.44. The molecule has 186 valence electrons. The van der Waals surface area contributed by atoms with Crippen LogP contribution in [-0.2, 0) is 9.53 Å². The molecule has 0 bridgehead atoms. The molecule has 2 unspecified atom stereocenters. The Labute approximate surface area is 213 Å². The molecule has 2 aromatic rings. The van der Waals surface area contributed by atoms with Gasteiger partial charge in [0.15, 0.2) is 0 Å². The number of carbonyl (C=O) groups excluding carboxylic acids is 2. The topological polar surface area (TPSA) is 67.4 Å². The Hall–Kier alpha value is -2.24. The molecule has 0 radical (unpaired) electrons. The van der Waals surface area contributed by atoms with Crippen molar-refractivity contribution in [3.8, 4) is 0 Å². The Bertz CT molecular complexity index is 972. The van der Waals surface area contributed by atoms with Crippen molar-refractivity contribution in [2.75, 3.05) is 0 Å². The molecule has 0 aliphatic carbocycles. The van der Waals surface area contributed by atoms with Gasteiger partial charge in [-0.3, -0.25) is 4.79 Å². The first-order valence-corrected chi connectivity index (χ1v) is 12.2. The van der Waals surface area contributed by atoms with Crippen molar-refractivity contribution >= 4 is 35.2 Å². The Balaban J connectivity index is 2.37. The van der Waals surface area contributed by atoms with Gasteiger partial charge >= 0.3 is 6.09 Å². The largest absolute Gasteiger partial charge is 0.444 e. The van der Waals surface area contributed by atoms with Crippen LogP contribution in [0.5, 0.6) is 0 Å². The molecule has 0 aliphatic rings. The van der Waals surface area contributed by atoms with Crippen LogP contribution in [0.25, 0.3) is 0 Å². The maximum Gasteiger partial charge on any atom is 0.408 e. The molecule has 2 rings (SSSR count). The third-order valence-electron chi connectivity index (χ3n) is 5.12. The first-order valence-electron chi connectivity index (χ1n) is 11.5. The van der Waals surface area contributed by atoms with E-state index < -0.39 is 17.7 Å². The summed E-state index contributed by atoms with van der Waals surface area (Å²) in [7, 11) is 0. The van der Waals surface area contributed by atoms with E-state index in [4.69, 9.17) is 27.9 Å². The standard InChI is InChI=1S/C27H36Cl2N2O3/c1-17-8-10-18(11-9-17)22(12-13-26(2,3)4)30-24(32)23(31-25(33)34-27(5,6)7)19-14-20(28)16-21(29)15-19/h8-11,14-16,22-23H,12-13H2,1-7H3,(H,30,32)(H,31,33). The molecule has 0 heterocycles. The second-order valence-electron chi connectivity index (χ2n) is 10.9. The number of hydrogen-bond acceptors (Lipinski definition) is 3. The first kappa shape index (κ1) is 28.0.